The smallest absolute Gasteiger partial charge is 0.189 e. The number of rotatable bonds is 5. The average molecular weight is 355 g/mol. The van der Waals surface area contributed by atoms with Crippen LogP contribution in [0.25, 0.3) is 10.9 Å². The van der Waals surface area contributed by atoms with Crippen LogP contribution in [0, 0.1) is 0 Å². The maximum absolute atomic E-state index is 12.4. The molecule has 4 rings (SSSR count). The van der Waals surface area contributed by atoms with E-state index in [9.17, 15) is 4.79 Å². The molecule has 1 aromatic heterocycles. The van der Waals surface area contributed by atoms with Gasteiger partial charge in [-0.25, -0.2) is 0 Å². The minimum absolute atomic E-state index is 0.122. The van der Waals surface area contributed by atoms with Crippen LogP contribution in [0.3, 0.4) is 0 Å². The Labute approximate surface area is 154 Å². The summed E-state index contributed by atoms with van der Waals surface area (Å²) in [5.74, 6) is 0. The molecule has 2 aromatic rings. The van der Waals surface area contributed by atoms with Gasteiger partial charge in [0, 0.05) is 48.3 Å². The topological polar surface area (TPSA) is 48.6 Å². The Hall–Kier alpha value is -1.69. The molecule has 2 aliphatic rings. The Morgan fingerprint density at radius 1 is 1.12 bits per heavy atom. The number of likely N-dealkylation sites (tertiary alicyclic amines) is 1. The number of ether oxygens (including phenoxy) is 1. The fourth-order valence-electron chi connectivity index (χ4n) is 4.31. The summed E-state index contributed by atoms with van der Waals surface area (Å²) in [7, 11) is 0. The van der Waals surface area contributed by atoms with Gasteiger partial charge >= 0.3 is 0 Å². The number of aromatic nitrogens is 1. The molecule has 0 spiro atoms. The van der Waals surface area contributed by atoms with Crippen LogP contribution in [-0.4, -0.2) is 60.2 Å². The Balaban J connectivity index is 1.43. The molecular weight excluding hydrogens is 326 g/mol. The number of H-pyrrole nitrogens is 1. The van der Waals surface area contributed by atoms with E-state index in [4.69, 9.17) is 4.74 Å². The predicted octanol–water partition coefficient (Wildman–Crippen LogP) is 2.60. The molecular formula is C21H29N3O2. The number of piperidine rings is 1. The van der Waals surface area contributed by atoms with Crippen molar-refractivity contribution >= 4 is 10.9 Å². The van der Waals surface area contributed by atoms with E-state index in [2.05, 4.69) is 14.8 Å². The van der Waals surface area contributed by atoms with Crippen LogP contribution in [0.1, 0.15) is 31.4 Å². The molecule has 0 unspecified atom stereocenters. The molecule has 1 aromatic carbocycles. The molecule has 1 atom stereocenters. The van der Waals surface area contributed by atoms with Gasteiger partial charge in [-0.1, -0.05) is 18.6 Å². The molecule has 26 heavy (non-hydrogen) atoms. The minimum atomic E-state index is 0.122. The number of nitrogens with one attached hydrogen (secondary N) is 1. The largest absolute Gasteiger partial charge is 0.379 e. The molecule has 0 saturated carbocycles. The van der Waals surface area contributed by atoms with Crippen LogP contribution in [0.15, 0.2) is 35.1 Å². The fraction of sp³-hybridized carbons (Fsp3) is 0.571. The summed E-state index contributed by atoms with van der Waals surface area (Å²) < 4.78 is 5.45. The van der Waals surface area contributed by atoms with Crippen molar-refractivity contribution in [3.8, 4) is 0 Å². The Morgan fingerprint density at radius 3 is 2.85 bits per heavy atom. The van der Waals surface area contributed by atoms with Crippen molar-refractivity contribution in [3.63, 3.8) is 0 Å². The third-order valence-corrected chi connectivity index (χ3v) is 5.80. The second-order valence-electron chi connectivity index (χ2n) is 7.57. The van der Waals surface area contributed by atoms with Gasteiger partial charge in [-0.15, -0.1) is 0 Å². The molecule has 140 valence electrons. The van der Waals surface area contributed by atoms with E-state index in [1.165, 1.54) is 25.7 Å². The summed E-state index contributed by atoms with van der Waals surface area (Å²) in [6.07, 6.45) is 5.05. The third kappa shape index (κ3) is 4.17. The summed E-state index contributed by atoms with van der Waals surface area (Å²) in [4.78, 5) is 21.0. The number of hydrogen-bond donors (Lipinski definition) is 1. The van der Waals surface area contributed by atoms with Gasteiger partial charge in [-0.05, 0) is 44.5 Å². The zero-order valence-electron chi connectivity index (χ0n) is 15.5. The number of morpholine rings is 1. The van der Waals surface area contributed by atoms with Gasteiger partial charge in [0.05, 0.1) is 13.2 Å². The number of pyridine rings is 1. The highest BCUT2D eigenvalue weighted by molar-refractivity contribution is 5.78. The molecule has 5 nitrogen and oxygen atoms in total. The highest BCUT2D eigenvalue weighted by atomic mass is 16.5. The highest BCUT2D eigenvalue weighted by Gasteiger charge is 2.24. The van der Waals surface area contributed by atoms with Gasteiger partial charge in [0.1, 0.15) is 0 Å². The van der Waals surface area contributed by atoms with Crippen LogP contribution < -0.4 is 5.43 Å². The minimum Gasteiger partial charge on any atom is -0.379 e. The van der Waals surface area contributed by atoms with E-state index >= 15 is 0 Å². The number of aromatic amines is 1. The van der Waals surface area contributed by atoms with Crippen LogP contribution in [0.5, 0.6) is 0 Å². The van der Waals surface area contributed by atoms with Crippen LogP contribution in [0.4, 0.5) is 0 Å². The fourth-order valence-corrected chi connectivity index (χ4v) is 4.31. The first-order valence-corrected chi connectivity index (χ1v) is 9.95. The molecule has 0 amide bonds. The third-order valence-electron chi connectivity index (χ3n) is 5.80. The van der Waals surface area contributed by atoms with Gasteiger partial charge in [0.15, 0.2) is 5.43 Å². The summed E-state index contributed by atoms with van der Waals surface area (Å²) in [5.41, 5.74) is 2.10. The van der Waals surface area contributed by atoms with Crippen molar-refractivity contribution in [3.05, 3.63) is 46.2 Å². The maximum atomic E-state index is 12.4. The van der Waals surface area contributed by atoms with Crippen LogP contribution >= 0.6 is 0 Å². The summed E-state index contributed by atoms with van der Waals surface area (Å²) in [5, 5.41) is 0.777. The molecule has 0 radical (unpaired) electrons. The molecule has 0 bridgehead atoms. The first kappa shape index (κ1) is 17.7. The first-order valence-electron chi connectivity index (χ1n) is 9.95. The number of benzene rings is 1. The van der Waals surface area contributed by atoms with E-state index in [0.29, 0.717) is 6.04 Å². The molecule has 2 saturated heterocycles. The summed E-state index contributed by atoms with van der Waals surface area (Å²) in [6.45, 7) is 6.98. The molecule has 2 aliphatic heterocycles. The Kier molecular flexibility index (Phi) is 5.68. The summed E-state index contributed by atoms with van der Waals surface area (Å²) >= 11 is 0. The van der Waals surface area contributed by atoms with Gasteiger partial charge < -0.3 is 9.72 Å². The lowest BCUT2D eigenvalue weighted by atomic mass is 9.98. The SMILES string of the molecule is O=c1cc(CN2CCCC[C@H]2CCN2CCOCC2)[nH]c2ccccc12. The standard InChI is InChI=1S/C21H29N3O2/c25-21-15-17(22-20-7-2-1-6-19(20)21)16-24-9-4-3-5-18(24)8-10-23-11-13-26-14-12-23/h1-2,6-7,15,18H,3-5,8-14,16H2,(H,22,25)/t18-/m0/s1. The van der Waals surface area contributed by atoms with Gasteiger partial charge in [0.2, 0.25) is 0 Å². The van der Waals surface area contributed by atoms with Crippen molar-refractivity contribution < 1.29 is 4.74 Å². The van der Waals surface area contributed by atoms with Crippen LogP contribution in [-0.2, 0) is 11.3 Å². The zero-order chi connectivity index (χ0) is 17.8. The van der Waals surface area contributed by atoms with Crippen molar-refractivity contribution in [2.45, 2.75) is 38.3 Å². The maximum Gasteiger partial charge on any atom is 0.189 e. The molecule has 3 heterocycles. The van der Waals surface area contributed by atoms with Crippen molar-refractivity contribution in [2.24, 2.45) is 0 Å². The number of hydrogen-bond acceptors (Lipinski definition) is 4. The predicted molar refractivity (Wildman–Crippen MR) is 104 cm³/mol. The van der Waals surface area contributed by atoms with E-state index in [0.717, 1.165) is 62.5 Å². The lowest BCUT2D eigenvalue weighted by Gasteiger charge is -2.37. The number of para-hydroxylation sites is 1. The highest BCUT2D eigenvalue weighted by Crippen LogP contribution is 2.22. The lowest BCUT2D eigenvalue weighted by molar-refractivity contribution is 0.0301. The second-order valence-corrected chi connectivity index (χ2v) is 7.57. The number of nitrogens with zero attached hydrogens (tertiary/aromatic N) is 2. The Bertz CT molecular complexity index is 782. The monoisotopic (exact) mass is 355 g/mol. The molecule has 0 aliphatic carbocycles. The first-order chi connectivity index (χ1) is 12.8. The van der Waals surface area contributed by atoms with Crippen molar-refractivity contribution in [2.75, 3.05) is 39.4 Å². The number of fused-ring (bicyclic) bond motifs is 1. The molecule has 5 heteroatoms. The summed E-state index contributed by atoms with van der Waals surface area (Å²) in [6, 6.07) is 10.2. The van der Waals surface area contributed by atoms with Gasteiger partial charge in [0.25, 0.3) is 0 Å². The normalized spacial score (nSPS) is 22.7. The van der Waals surface area contributed by atoms with E-state index in [1.807, 2.05) is 24.3 Å². The van der Waals surface area contributed by atoms with E-state index < -0.39 is 0 Å². The van der Waals surface area contributed by atoms with E-state index in [-0.39, 0.29) is 5.43 Å². The van der Waals surface area contributed by atoms with Crippen LogP contribution in [0.2, 0.25) is 0 Å². The molecule has 1 N–H and O–H groups in total. The molecule has 2 fully saturated rings. The van der Waals surface area contributed by atoms with E-state index in [1.54, 1.807) is 6.07 Å². The average Bonchev–Trinajstić information content (AvgIpc) is 2.68. The van der Waals surface area contributed by atoms with Gasteiger partial charge in [-0.2, -0.15) is 0 Å². The zero-order valence-corrected chi connectivity index (χ0v) is 15.5. The quantitative estimate of drug-likeness (QED) is 0.896. The second kappa shape index (κ2) is 8.33. The Morgan fingerprint density at radius 2 is 1.96 bits per heavy atom. The lowest BCUT2D eigenvalue weighted by Crippen LogP contribution is -2.43. The van der Waals surface area contributed by atoms with Crippen molar-refractivity contribution in [1.29, 1.82) is 0 Å². The van der Waals surface area contributed by atoms with Gasteiger partial charge in [-0.3, -0.25) is 14.6 Å². The van der Waals surface area contributed by atoms with Crippen molar-refractivity contribution in [1.82, 2.24) is 14.8 Å².